The normalized spacial score (nSPS) is 12.3. The van der Waals surface area contributed by atoms with Gasteiger partial charge in [0.25, 0.3) is 0 Å². The lowest BCUT2D eigenvalue weighted by Gasteiger charge is -2.27. The zero-order chi connectivity index (χ0) is 16.0. The highest BCUT2D eigenvalue weighted by molar-refractivity contribution is 8.01. The Bertz CT molecular complexity index is 564. The van der Waals surface area contributed by atoms with E-state index in [2.05, 4.69) is 5.32 Å². The van der Waals surface area contributed by atoms with Crippen LogP contribution in [0.1, 0.15) is 19.4 Å². The number of nitrogens with one attached hydrogen (secondary N) is 1. The largest absolute Gasteiger partial charge is 0.480 e. The third kappa shape index (κ3) is 5.10. The summed E-state index contributed by atoms with van der Waals surface area (Å²) in [5.74, 6) is -1.26. The number of nitriles is 1. The van der Waals surface area contributed by atoms with E-state index in [0.29, 0.717) is 11.3 Å². The second-order valence-electron chi connectivity index (χ2n) is 4.95. The van der Waals surface area contributed by atoms with Gasteiger partial charge in [-0.05, 0) is 38.1 Å². The number of carboxylic acids is 1. The first-order chi connectivity index (χ1) is 9.76. The monoisotopic (exact) mass is 307 g/mol. The van der Waals surface area contributed by atoms with Gasteiger partial charge in [-0.25, -0.2) is 0 Å². The average molecular weight is 307 g/mol. The molecule has 4 N–H and O–H groups in total. The molecule has 1 amide bonds. The lowest BCUT2D eigenvalue weighted by atomic mass is 10.1. The molecule has 0 bridgehead atoms. The van der Waals surface area contributed by atoms with Crippen molar-refractivity contribution in [3.8, 4) is 6.07 Å². The summed E-state index contributed by atoms with van der Waals surface area (Å²) < 4.78 is -0.756. The van der Waals surface area contributed by atoms with Crippen molar-refractivity contribution in [2.45, 2.75) is 24.6 Å². The number of nitrogens with zero attached hydrogens (tertiary/aromatic N) is 1. The molecule has 1 rings (SSSR count). The minimum absolute atomic E-state index is 0.0913. The Morgan fingerprint density at radius 1 is 1.43 bits per heavy atom. The lowest BCUT2D eigenvalue weighted by molar-refractivity contribution is -0.139. The summed E-state index contributed by atoms with van der Waals surface area (Å²) in [7, 11) is 0. The van der Waals surface area contributed by atoms with E-state index in [9.17, 15) is 9.59 Å². The number of amides is 1. The Balaban J connectivity index is 2.54. The van der Waals surface area contributed by atoms with Gasteiger partial charge in [0.1, 0.15) is 6.04 Å². The van der Waals surface area contributed by atoms with Gasteiger partial charge in [-0.1, -0.05) is 0 Å². The van der Waals surface area contributed by atoms with Gasteiger partial charge in [-0.2, -0.15) is 5.26 Å². The van der Waals surface area contributed by atoms with Gasteiger partial charge in [-0.15, -0.1) is 11.8 Å². The molecule has 0 saturated heterocycles. The summed E-state index contributed by atoms with van der Waals surface area (Å²) in [4.78, 5) is 22.7. The Hall–Kier alpha value is -2.04. The van der Waals surface area contributed by atoms with Crippen molar-refractivity contribution >= 4 is 29.3 Å². The molecule has 0 heterocycles. The van der Waals surface area contributed by atoms with Crippen molar-refractivity contribution in [2.24, 2.45) is 5.73 Å². The standard InChI is InChI=1S/C14H17N3O3S/c1-14(2,12(16)13(19)20)21-8-11(18)17-10-5-3-9(7-15)4-6-10/h3-6,12H,8,16H2,1-2H3,(H,17,18)(H,19,20)/t12-/m1/s1. The fraction of sp³-hybridized carbons (Fsp3) is 0.357. The molecular formula is C14H17N3O3S. The van der Waals surface area contributed by atoms with E-state index in [1.165, 1.54) is 11.8 Å². The molecule has 21 heavy (non-hydrogen) atoms. The number of rotatable bonds is 6. The van der Waals surface area contributed by atoms with Crippen LogP contribution in [-0.4, -0.2) is 33.5 Å². The molecule has 1 atom stereocenters. The van der Waals surface area contributed by atoms with Crippen molar-refractivity contribution in [1.29, 1.82) is 5.26 Å². The topological polar surface area (TPSA) is 116 Å². The Morgan fingerprint density at radius 3 is 2.48 bits per heavy atom. The van der Waals surface area contributed by atoms with Crippen LogP contribution in [0.25, 0.3) is 0 Å². The maximum atomic E-state index is 11.8. The van der Waals surface area contributed by atoms with E-state index in [-0.39, 0.29) is 11.7 Å². The van der Waals surface area contributed by atoms with Gasteiger partial charge in [0.05, 0.1) is 17.4 Å². The number of carboxylic acid groups (broad SMARTS) is 1. The molecule has 1 aromatic carbocycles. The number of carbonyl (C=O) groups is 2. The number of anilines is 1. The number of hydrogen-bond acceptors (Lipinski definition) is 5. The van der Waals surface area contributed by atoms with E-state index in [4.69, 9.17) is 16.1 Å². The highest BCUT2D eigenvalue weighted by atomic mass is 32.2. The molecule has 0 unspecified atom stereocenters. The van der Waals surface area contributed by atoms with Crippen molar-refractivity contribution in [3.05, 3.63) is 29.8 Å². The fourth-order valence-corrected chi connectivity index (χ4v) is 2.32. The molecule has 7 heteroatoms. The van der Waals surface area contributed by atoms with Gasteiger partial charge >= 0.3 is 5.97 Å². The molecular weight excluding hydrogens is 290 g/mol. The molecule has 112 valence electrons. The van der Waals surface area contributed by atoms with Crippen LogP contribution in [0, 0.1) is 11.3 Å². The van der Waals surface area contributed by atoms with E-state index in [1.54, 1.807) is 38.1 Å². The van der Waals surface area contributed by atoms with E-state index in [0.717, 1.165) is 0 Å². The first-order valence-electron chi connectivity index (χ1n) is 6.18. The maximum Gasteiger partial charge on any atom is 0.321 e. The van der Waals surface area contributed by atoms with Crippen LogP contribution in [0.4, 0.5) is 5.69 Å². The summed E-state index contributed by atoms with van der Waals surface area (Å²) in [5, 5.41) is 20.3. The Labute approximate surface area is 127 Å². The number of carbonyl (C=O) groups excluding carboxylic acids is 1. The Morgan fingerprint density at radius 2 is 2.00 bits per heavy atom. The third-order valence-electron chi connectivity index (χ3n) is 2.89. The maximum absolute atomic E-state index is 11.8. The van der Waals surface area contributed by atoms with Gasteiger partial charge in [-0.3, -0.25) is 9.59 Å². The molecule has 0 fully saturated rings. The first-order valence-corrected chi connectivity index (χ1v) is 7.17. The third-order valence-corrected chi connectivity index (χ3v) is 4.29. The highest BCUT2D eigenvalue weighted by Gasteiger charge is 2.33. The van der Waals surface area contributed by atoms with Crippen LogP contribution in [0.2, 0.25) is 0 Å². The van der Waals surface area contributed by atoms with Gasteiger partial charge in [0.2, 0.25) is 5.91 Å². The summed E-state index contributed by atoms with van der Waals surface area (Å²) in [5.41, 5.74) is 6.68. The van der Waals surface area contributed by atoms with Crippen molar-refractivity contribution < 1.29 is 14.7 Å². The summed E-state index contributed by atoms with van der Waals surface area (Å²) in [6.07, 6.45) is 0. The second-order valence-corrected chi connectivity index (χ2v) is 6.57. The zero-order valence-electron chi connectivity index (χ0n) is 11.8. The average Bonchev–Trinajstić information content (AvgIpc) is 2.45. The molecule has 1 aromatic rings. The van der Waals surface area contributed by atoms with Crippen molar-refractivity contribution in [1.82, 2.24) is 0 Å². The molecule has 0 radical (unpaired) electrons. The van der Waals surface area contributed by atoms with Crippen LogP contribution < -0.4 is 11.1 Å². The van der Waals surface area contributed by atoms with E-state index >= 15 is 0 Å². The highest BCUT2D eigenvalue weighted by Crippen LogP contribution is 2.27. The first kappa shape index (κ1) is 17.0. The SMILES string of the molecule is CC(C)(SCC(=O)Nc1ccc(C#N)cc1)[C@H](N)C(=O)O. The molecule has 0 spiro atoms. The van der Waals surface area contributed by atoms with Crippen LogP contribution in [0.5, 0.6) is 0 Å². The smallest absolute Gasteiger partial charge is 0.321 e. The fourth-order valence-electron chi connectivity index (χ4n) is 1.46. The molecule has 0 aromatic heterocycles. The number of thioether (sulfide) groups is 1. The number of nitrogens with two attached hydrogens (primary N) is 1. The Kier molecular flexibility index (Phi) is 5.76. The summed E-state index contributed by atoms with van der Waals surface area (Å²) in [6.45, 7) is 3.37. The summed E-state index contributed by atoms with van der Waals surface area (Å²) in [6, 6.07) is 7.42. The second kappa shape index (κ2) is 7.11. The predicted octanol–water partition coefficient (Wildman–Crippen LogP) is 1.42. The number of benzene rings is 1. The molecule has 0 aliphatic heterocycles. The van der Waals surface area contributed by atoms with E-state index in [1.807, 2.05) is 6.07 Å². The van der Waals surface area contributed by atoms with Gasteiger partial charge in [0, 0.05) is 10.4 Å². The van der Waals surface area contributed by atoms with Crippen LogP contribution >= 0.6 is 11.8 Å². The minimum atomic E-state index is -1.10. The quantitative estimate of drug-likeness (QED) is 0.732. The minimum Gasteiger partial charge on any atom is -0.480 e. The number of hydrogen-bond donors (Lipinski definition) is 3. The molecule has 0 saturated carbocycles. The summed E-state index contributed by atoms with van der Waals surface area (Å²) >= 11 is 1.18. The van der Waals surface area contributed by atoms with Crippen LogP contribution in [0.3, 0.4) is 0 Å². The molecule has 6 nitrogen and oxygen atoms in total. The molecule has 0 aliphatic carbocycles. The van der Waals surface area contributed by atoms with Crippen LogP contribution in [0.15, 0.2) is 24.3 Å². The number of aliphatic carboxylic acids is 1. The predicted molar refractivity (Wildman–Crippen MR) is 81.9 cm³/mol. The van der Waals surface area contributed by atoms with Crippen molar-refractivity contribution in [3.63, 3.8) is 0 Å². The van der Waals surface area contributed by atoms with Crippen LogP contribution in [-0.2, 0) is 9.59 Å². The zero-order valence-corrected chi connectivity index (χ0v) is 12.6. The van der Waals surface area contributed by atoms with Crippen molar-refractivity contribution in [2.75, 3.05) is 11.1 Å². The van der Waals surface area contributed by atoms with Gasteiger partial charge < -0.3 is 16.2 Å². The van der Waals surface area contributed by atoms with Gasteiger partial charge in [0.15, 0.2) is 0 Å². The molecule has 0 aliphatic rings. The van der Waals surface area contributed by atoms with E-state index < -0.39 is 16.8 Å². The lowest BCUT2D eigenvalue weighted by Crippen LogP contribution is -2.47.